The number of ether oxygens (including phenoxy) is 1. The summed E-state index contributed by atoms with van der Waals surface area (Å²) in [5, 5.41) is 3.80. The molecule has 3 heteroatoms. The molecule has 1 aliphatic carbocycles. The molecule has 0 amide bonds. The fourth-order valence-electron chi connectivity index (χ4n) is 3.77. The van der Waals surface area contributed by atoms with Gasteiger partial charge in [0.25, 0.3) is 0 Å². The quantitative estimate of drug-likeness (QED) is 0.897. The lowest BCUT2D eigenvalue weighted by Gasteiger charge is -2.47. The summed E-state index contributed by atoms with van der Waals surface area (Å²) in [5.74, 6) is 1.00. The van der Waals surface area contributed by atoms with E-state index in [9.17, 15) is 0 Å². The largest absolute Gasteiger partial charge is 0.495 e. The maximum Gasteiger partial charge on any atom is 0.142 e. The molecule has 0 bridgehead atoms. The van der Waals surface area contributed by atoms with Gasteiger partial charge in [0.2, 0.25) is 0 Å². The van der Waals surface area contributed by atoms with Gasteiger partial charge < -0.3 is 15.0 Å². The Morgan fingerprint density at radius 2 is 2.00 bits per heavy atom. The maximum absolute atomic E-state index is 5.57. The average Bonchev–Trinajstić information content (AvgIpc) is 2.48. The fraction of sp³-hybridized carbons (Fsp3) is 0.647. The zero-order valence-electron chi connectivity index (χ0n) is 12.7. The van der Waals surface area contributed by atoms with Crippen LogP contribution in [-0.4, -0.2) is 32.3 Å². The summed E-state index contributed by atoms with van der Waals surface area (Å²) in [6, 6.07) is 6.49. The SMILES string of the molecule is COc1ccc(C)cc1N1CCNC2(CCCCC2)C1. The predicted octanol–water partition coefficient (Wildman–Crippen LogP) is 3.12. The Balaban J connectivity index is 1.84. The van der Waals surface area contributed by atoms with E-state index < -0.39 is 0 Å². The minimum atomic E-state index is 0.339. The fourth-order valence-corrected chi connectivity index (χ4v) is 3.77. The second-order valence-electron chi connectivity index (χ2n) is 6.36. The van der Waals surface area contributed by atoms with E-state index >= 15 is 0 Å². The molecule has 1 aromatic rings. The van der Waals surface area contributed by atoms with Crippen molar-refractivity contribution in [3.05, 3.63) is 23.8 Å². The summed E-state index contributed by atoms with van der Waals surface area (Å²) in [4.78, 5) is 2.52. The van der Waals surface area contributed by atoms with Gasteiger partial charge in [0.15, 0.2) is 0 Å². The highest BCUT2D eigenvalue weighted by Crippen LogP contribution is 2.35. The molecular formula is C17H26N2O. The molecule has 0 aromatic heterocycles. The Bertz CT molecular complexity index is 461. The van der Waals surface area contributed by atoms with Crippen LogP contribution in [0.25, 0.3) is 0 Å². The second kappa shape index (κ2) is 5.65. The van der Waals surface area contributed by atoms with Gasteiger partial charge in [0, 0.05) is 25.2 Å². The lowest BCUT2D eigenvalue weighted by molar-refractivity contribution is 0.216. The van der Waals surface area contributed by atoms with E-state index in [0.717, 1.165) is 25.4 Å². The molecule has 1 saturated carbocycles. The van der Waals surface area contributed by atoms with E-state index in [0.29, 0.717) is 5.54 Å². The first-order valence-electron chi connectivity index (χ1n) is 7.87. The highest BCUT2D eigenvalue weighted by molar-refractivity contribution is 5.60. The molecule has 0 radical (unpaired) electrons. The Hall–Kier alpha value is -1.22. The third kappa shape index (κ3) is 2.64. The number of hydrogen-bond acceptors (Lipinski definition) is 3. The van der Waals surface area contributed by atoms with Crippen molar-refractivity contribution in [1.29, 1.82) is 0 Å². The van der Waals surface area contributed by atoms with E-state index in [2.05, 4.69) is 35.3 Å². The molecular weight excluding hydrogens is 248 g/mol. The van der Waals surface area contributed by atoms with E-state index in [4.69, 9.17) is 4.74 Å². The van der Waals surface area contributed by atoms with E-state index in [1.165, 1.54) is 43.4 Å². The van der Waals surface area contributed by atoms with Gasteiger partial charge >= 0.3 is 0 Å². The van der Waals surface area contributed by atoms with Crippen molar-refractivity contribution in [2.75, 3.05) is 31.6 Å². The van der Waals surface area contributed by atoms with Crippen LogP contribution in [0.2, 0.25) is 0 Å². The van der Waals surface area contributed by atoms with Crippen molar-refractivity contribution in [2.45, 2.75) is 44.6 Å². The van der Waals surface area contributed by atoms with Gasteiger partial charge in [-0.1, -0.05) is 25.3 Å². The molecule has 1 aliphatic heterocycles. The van der Waals surface area contributed by atoms with Crippen LogP contribution in [0.4, 0.5) is 5.69 Å². The predicted molar refractivity (Wildman–Crippen MR) is 83.8 cm³/mol. The molecule has 1 aromatic carbocycles. The third-order valence-electron chi connectivity index (χ3n) is 4.86. The van der Waals surface area contributed by atoms with Crippen molar-refractivity contribution < 1.29 is 4.74 Å². The highest BCUT2D eigenvalue weighted by Gasteiger charge is 2.36. The van der Waals surface area contributed by atoms with Crippen LogP contribution < -0.4 is 15.0 Å². The van der Waals surface area contributed by atoms with Gasteiger partial charge in [-0.05, 0) is 37.5 Å². The van der Waals surface area contributed by atoms with Crippen molar-refractivity contribution in [2.24, 2.45) is 0 Å². The molecule has 1 N–H and O–H groups in total. The number of anilines is 1. The summed E-state index contributed by atoms with van der Waals surface area (Å²) in [5.41, 5.74) is 2.90. The Kier molecular flexibility index (Phi) is 3.88. The van der Waals surface area contributed by atoms with Gasteiger partial charge in [-0.3, -0.25) is 0 Å². The second-order valence-corrected chi connectivity index (χ2v) is 6.36. The standard InChI is InChI=1S/C17H26N2O/c1-14-6-7-16(20-2)15(12-14)19-11-10-18-17(13-19)8-4-3-5-9-17/h6-7,12,18H,3-5,8-11,13H2,1-2H3. The molecule has 3 nitrogen and oxygen atoms in total. The summed E-state index contributed by atoms with van der Waals surface area (Å²) in [6.45, 7) is 5.42. The molecule has 3 rings (SSSR count). The third-order valence-corrected chi connectivity index (χ3v) is 4.86. The van der Waals surface area contributed by atoms with Crippen LogP contribution in [-0.2, 0) is 0 Å². The Morgan fingerprint density at radius 3 is 2.75 bits per heavy atom. The van der Waals surface area contributed by atoms with Crippen LogP contribution in [0, 0.1) is 6.92 Å². The molecule has 20 heavy (non-hydrogen) atoms. The molecule has 0 unspecified atom stereocenters. The lowest BCUT2D eigenvalue weighted by atomic mass is 9.80. The van der Waals surface area contributed by atoms with Crippen LogP contribution in [0.5, 0.6) is 5.75 Å². The average molecular weight is 274 g/mol. The van der Waals surface area contributed by atoms with E-state index in [1.807, 2.05) is 0 Å². The number of rotatable bonds is 2. The number of hydrogen-bond donors (Lipinski definition) is 1. The first-order valence-corrected chi connectivity index (χ1v) is 7.87. The van der Waals surface area contributed by atoms with Gasteiger partial charge in [-0.25, -0.2) is 0 Å². The zero-order chi connectivity index (χ0) is 14.0. The summed E-state index contributed by atoms with van der Waals surface area (Å²) >= 11 is 0. The van der Waals surface area contributed by atoms with Crippen LogP contribution in [0.1, 0.15) is 37.7 Å². The lowest BCUT2D eigenvalue weighted by Crippen LogP contribution is -2.61. The van der Waals surface area contributed by atoms with E-state index in [1.54, 1.807) is 7.11 Å². The first-order chi connectivity index (χ1) is 9.72. The van der Waals surface area contributed by atoms with Crippen molar-refractivity contribution >= 4 is 5.69 Å². The zero-order valence-corrected chi connectivity index (χ0v) is 12.7. The molecule has 0 atom stereocenters. The summed E-state index contributed by atoms with van der Waals surface area (Å²) in [6.07, 6.45) is 6.77. The number of nitrogens with one attached hydrogen (secondary N) is 1. The number of nitrogens with zero attached hydrogens (tertiary/aromatic N) is 1. The maximum atomic E-state index is 5.57. The first kappa shape index (κ1) is 13.7. The molecule has 1 heterocycles. The van der Waals surface area contributed by atoms with Crippen molar-refractivity contribution in [3.63, 3.8) is 0 Å². The summed E-state index contributed by atoms with van der Waals surface area (Å²) < 4.78 is 5.57. The van der Waals surface area contributed by atoms with Crippen molar-refractivity contribution in [1.82, 2.24) is 5.32 Å². The van der Waals surface area contributed by atoms with Crippen LogP contribution >= 0.6 is 0 Å². The smallest absolute Gasteiger partial charge is 0.142 e. The minimum Gasteiger partial charge on any atom is -0.495 e. The van der Waals surface area contributed by atoms with Gasteiger partial charge in [-0.15, -0.1) is 0 Å². The molecule has 1 saturated heterocycles. The highest BCUT2D eigenvalue weighted by atomic mass is 16.5. The normalized spacial score (nSPS) is 22.0. The number of benzene rings is 1. The van der Waals surface area contributed by atoms with E-state index in [-0.39, 0.29) is 0 Å². The topological polar surface area (TPSA) is 24.5 Å². The summed E-state index contributed by atoms with van der Waals surface area (Å²) in [7, 11) is 1.77. The number of methoxy groups -OCH3 is 1. The Morgan fingerprint density at radius 1 is 1.20 bits per heavy atom. The number of piperazine rings is 1. The van der Waals surface area contributed by atoms with Crippen LogP contribution in [0.15, 0.2) is 18.2 Å². The molecule has 1 spiro atoms. The van der Waals surface area contributed by atoms with Gasteiger partial charge in [0.05, 0.1) is 12.8 Å². The Labute approximate surface area is 122 Å². The van der Waals surface area contributed by atoms with Gasteiger partial charge in [-0.2, -0.15) is 0 Å². The van der Waals surface area contributed by atoms with Crippen molar-refractivity contribution in [3.8, 4) is 5.75 Å². The minimum absolute atomic E-state index is 0.339. The van der Waals surface area contributed by atoms with Crippen LogP contribution in [0.3, 0.4) is 0 Å². The molecule has 110 valence electrons. The van der Waals surface area contributed by atoms with Gasteiger partial charge in [0.1, 0.15) is 5.75 Å². The molecule has 2 fully saturated rings. The number of aryl methyl sites for hydroxylation is 1. The monoisotopic (exact) mass is 274 g/mol. The molecule has 2 aliphatic rings.